The summed E-state index contributed by atoms with van der Waals surface area (Å²) in [5.74, 6) is -0.674. The van der Waals surface area contributed by atoms with Gasteiger partial charge in [0.1, 0.15) is 6.10 Å². The maximum Gasteiger partial charge on any atom is 0.226 e. The number of pyridine rings is 1. The van der Waals surface area contributed by atoms with E-state index < -0.39 is 5.82 Å². The monoisotopic (exact) mass is 317 g/mol. The zero-order valence-corrected chi connectivity index (χ0v) is 13.5. The molecule has 118 valence electrons. The van der Waals surface area contributed by atoms with Crippen LogP contribution in [0.1, 0.15) is 17.3 Å². The van der Waals surface area contributed by atoms with Crippen molar-refractivity contribution in [3.8, 4) is 5.88 Å². The predicted octanol–water partition coefficient (Wildman–Crippen LogP) is 1.95. The molecule has 0 aromatic carbocycles. The number of rotatable bonds is 8. The van der Waals surface area contributed by atoms with Crippen LogP contribution in [0.2, 0.25) is 5.15 Å². The van der Waals surface area contributed by atoms with Gasteiger partial charge in [0.05, 0.1) is 5.56 Å². The molecule has 0 fully saturated rings. The molecule has 0 saturated carbocycles. The predicted molar refractivity (Wildman–Crippen MR) is 80.7 cm³/mol. The Kier molecular flexibility index (Phi) is 7.01. The molecule has 21 heavy (non-hydrogen) atoms. The third kappa shape index (κ3) is 5.95. The number of hydrogen-bond donors (Lipinski definition) is 0. The molecule has 0 spiro atoms. The normalized spacial score (nSPS) is 12.8. The Bertz CT molecular complexity index is 486. The Morgan fingerprint density at radius 1 is 1.43 bits per heavy atom. The Balaban J connectivity index is 2.64. The molecule has 0 aliphatic heterocycles. The van der Waals surface area contributed by atoms with Gasteiger partial charge in [0.2, 0.25) is 5.88 Å². The first kappa shape index (κ1) is 17.8. The van der Waals surface area contributed by atoms with Gasteiger partial charge >= 0.3 is 0 Å². The van der Waals surface area contributed by atoms with Gasteiger partial charge in [0, 0.05) is 19.6 Å². The zero-order valence-electron chi connectivity index (χ0n) is 12.8. The molecule has 0 amide bonds. The first-order valence-corrected chi connectivity index (χ1v) is 7.02. The summed E-state index contributed by atoms with van der Waals surface area (Å²) in [6.07, 6.45) is 0.300. The van der Waals surface area contributed by atoms with Crippen LogP contribution in [-0.4, -0.2) is 68.0 Å². The van der Waals surface area contributed by atoms with Gasteiger partial charge in [0.15, 0.2) is 17.3 Å². The van der Waals surface area contributed by atoms with Crippen LogP contribution in [0.25, 0.3) is 0 Å². The van der Waals surface area contributed by atoms with Crippen molar-refractivity contribution in [2.75, 3.05) is 40.8 Å². The van der Waals surface area contributed by atoms with Crippen molar-refractivity contribution in [1.82, 2.24) is 14.8 Å². The van der Waals surface area contributed by atoms with Crippen LogP contribution in [0.15, 0.2) is 6.07 Å². The number of ether oxygens (including phenoxy) is 1. The first-order chi connectivity index (χ1) is 9.83. The fraction of sp³-hybridized carbons (Fsp3) is 0.571. The molecule has 0 saturated heterocycles. The second-order valence-corrected chi connectivity index (χ2v) is 5.63. The van der Waals surface area contributed by atoms with Crippen LogP contribution in [0.3, 0.4) is 0 Å². The number of halogens is 2. The maximum atomic E-state index is 13.2. The average molecular weight is 318 g/mol. The highest BCUT2D eigenvalue weighted by atomic mass is 35.5. The number of nitrogens with zero attached hydrogens (tertiary/aromatic N) is 3. The summed E-state index contributed by atoms with van der Waals surface area (Å²) in [5, 5.41) is -0.302. The molecule has 0 aliphatic rings. The zero-order chi connectivity index (χ0) is 16.0. The highest BCUT2D eigenvalue weighted by molar-refractivity contribution is 6.29. The summed E-state index contributed by atoms with van der Waals surface area (Å²) in [6.45, 7) is 4.34. The van der Waals surface area contributed by atoms with Gasteiger partial charge in [-0.15, -0.1) is 0 Å². The number of aromatic nitrogens is 1. The van der Waals surface area contributed by atoms with Crippen LogP contribution >= 0.6 is 11.6 Å². The van der Waals surface area contributed by atoms with Crippen LogP contribution in [0, 0.1) is 5.82 Å². The standard InChI is InChI=1S/C14H21ClFN3O2/c1-10(8-19(4)6-5-18(2)3)21-14-11(9-20)7-12(16)13(15)17-14/h7,9-10H,5-6,8H2,1-4H3. The van der Waals surface area contributed by atoms with Crippen LogP contribution in [-0.2, 0) is 0 Å². The highest BCUT2D eigenvalue weighted by Crippen LogP contribution is 2.21. The highest BCUT2D eigenvalue weighted by Gasteiger charge is 2.15. The van der Waals surface area contributed by atoms with E-state index in [2.05, 4.69) is 14.8 Å². The molecule has 1 unspecified atom stereocenters. The van der Waals surface area contributed by atoms with E-state index in [4.69, 9.17) is 16.3 Å². The largest absolute Gasteiger partial charge is 0.473 e. The lowest BCUT2D eigenvalue weighted by atomic mass is 10.3. The van der Waals surface area contributed by atoms with E-state index in [1.165, 1.54) is 0 Å². The number of hydrogen-bond acceptors (Lipinski definition) is 5. The van der Waals surface area contributed by atoms with Crippen molar-refractivity contribution in [3.05, 3.63) is 22.6 Å². The van der Waals surface area contributed by atoms with E-state index >= 15 is 0 Å². The number of carbonyl (C=O) groups is 1. The van der Waals surface area contributed by atoms with E-state index in [1.807, 2.05) is 28.1 Å². The van der Waals surface area contributed by atoms with E-state index in [0.717, 1.165) is 19.2 Å². The van der Waals surface area contributed by atoms with Crippen molar-refractivity contribution in [2.45, 2.75) is 13.0 Å². The van der Waals surface area contributed by atoms with Gasteiger partial charge < -0.3 is 14.5 Å². The lowest BCUT2D eigenvalue weighted by molar-refractivity contribution is 0.110. The molecule has 0 bridgehead atoms. The molecule has 0 N–H and O–H groups in total. The van der Waals surface area contributed by atoms with Gasteiger partial charge in [-0.25, -0.2) is 4.39 Å². The third-order valence-corrected chi connectivity index (χ3v) is 3.13. The van der Waals surface area contributed by atoms with Gasteiger partial charge in [-0.2, -0.15) is 4.98 Å². The molecular formula is C14H21ClFN3O2. The topological polar surface area (TPSA) is 45.7 Å². The van der Waals surface area contributed by atoms with Gasteiger partial charge in [0.25, 0.3) is 0 Å². The average Bonchev–Trinajstić information content (AvgIpc) is 2.40. The summed E-state index contributed by atoms with van der Waals surface area (Å²) in [6, 6.07) is 1.03. The third-order valence-electron chi connectivity index (χ3n) is 2.86. The summed E-state index contributed by atoms with van der Waals surface area (Å²) in [4.78, 5) is 18.9. The fourth-order valence-electron chi connectivity index (χ4n) is 1.77. The lowest BCUT2D eigenvalue weighted by Crippen LogP contribution is -2.35. The van der Waals surface area contributed by atoms with E-state index in [1.54, 1.807) is 0 Å². The minimum absolute atomic E-state index is 0.0553. The molecule has 1 aromatic rings. The van der Waals surface area contributed by atoms with Crippen LogP contribution < -0.4 is 4.74 Å². The molecule has 1 heterocycles. The van der Waals surface area contributed by atoms with E-state index in [-0.39, 0.29) is 22.7 Å². The van der Waals surface area contributed by atoms with Crippen LogP contribution in [0.5, 0.6) is 5.88 Å². The molecule has 5 nitrogen and oxygen atoms in total. The summed E-state index contributed by atoms with van der Waals surface area (Å²) in [5.41, 5.74) is 0.0553. The molecule has 1 aromatic heterocycles. The Hall–Kier alpha value is -1.24. The summed E-state index contributed by atoms with van der Waals surface area (Å²) < 4.78 is 18.8. The number of aldehydes is 1. The minimum atomic E-state index is -0.734. The molecule has 0 aliphatic carbocycles. The van der Waals surface area contributed by atoms with Gasteiger partial charge in [-0.05, 0) is 34.1 Å². The smallest absolute Gasteiger partial charge is 0.226 e. The second-order valence-electron chi connectivity index (χ2n) is 5.27. The first-order valence-electron chi connectivity index (χ1n) is 6.64. The Morgan fingerprint density at radius 3 is 2.67 bits per heavy atom. The lowest BCUT2D eigenvalue weighted by Gasteiger charge is -2.23. The summed E-state index contributed by atoms with van der Waals surface area (Å²) >= 11 is 5.62. The van der Waals surface area contributed by atoms with E-state index in [9.17, 15) is 9.18 Å². The van der Waals surface area contributed by atoms with Gasteiger partial charge in [-0.3, -0.25) is 4.79 Å². The second kappa shape index (κ2) is 8.26. The van der Waals surface area contributed by atoms with E-state index in [0.29, 0.717) is 12.8 Å². The van der Waals surface area contributed by atoms with Gasteiger partial charge in [-0.1, -0.05) is 11.6 Å². The molecule has 1 atom stereocenters. The summed E-state index contributed by atoms with van der Waals surface area (Å²) in [7, 11) is 6.00. The SMILES string of the molecule is CC(CN(C)CCN(C)C)Oc1nc(Cl)c(F)cc1C=O. The quantitative estimate of drug-likeness (QED) is 0.542. The Morgan fingerprint density at radius 2 is 2.10 bits per heavy atom. The van der Waals surface area contributed by atoms with Crippen molar-refractivity contribution < 1.29 is 13.9 Å². The number of carbonyl (C=O) groups excluding carboxylic acids is 1. The molecule has 7 heteroatoms. The molecular weight excluding hydrogens is 297 g/mol. The van der Waals surface area contributed by atoms with Crippen LogP contribution in [0.4, 0.5) is 4.39 Å². The molecule has 0 radical (unpaired) electrons. The fourth-order valence-corrected chi connectivity index (χ4v) is 1.90. The van der Waals surface area contributed by atoms with Crippen molar-refractivity contribution in [2.24, 2.45) is 0 Å². The maximum absolute atomic E-state index is 13.2. The molecule has 1 rings (SSSR count). The Labute approximate surface area is 129 Å². The van der Waals surface area contributed by atoms with Crippen molar-refractivity contribution >= 4 is 17.9 Å². The van der Waals surface area contributed by atoms with Crippen molar-refractivity contribution in [1.29, 1.82) is 0 Å². The minimum Gasteiger partial charge on any atom is -0.473 e. The number of likely N-dealkylation sites (N-methyl/N-ethyl adjacent to an activating group) is 2. The van der Waals surface area contributed by atoms with Crippen molar-refractivity contribution in [3.63, 3.8) is 0 Å².